The van der Waals surface area contributed by atoms with Gasteiger partial charge in [0.2, 0.25) is 0 Å². The molecule has 5 atom stereocenters. The highest BCUT2D eigenvalue weighted by Crippen LogP contribution is 2.78. The molecule has 0 amide bonds. The van der Waals surface area contributed by atoms with E-state index in [1.807, 2.05) is 0 Å². The number of fused-ring (bicyclic) bond motifs is 7. The molecule has 2 fully saturated rings. The maximum atomic E-state index is 14.6. The van der Waals surface area contributed by atoms with E-state index in [2.05, 4.69) is 0 Å². The lowest BCUT2D eigenvalue weighted by atomic mass is 9.56. The number of ether oxygens (including phenoxy) is 3. The number of hydrogen-bond donors (Lipinski definition) is 5. The molecule has 3 aliphatic heterocycles. The molecule has 3 unspecified atom stereocenters. The Morgan fingerprint density at radius 2 is 1.55 bits per heavy atom. The Kier molecular flexibility index (Phi) is 4.45. The van der Waals surface area contributed by atoms with E-state index >= 15 is 0 Å². The predicted molar refractivity (Wildman–Crippen MR) is 153 cm³/mol. The lowest BCUT2D eigenvalue weighted by Crippen LogP contribution is -2.61. The number of epoxide rings is 1. The fourth-order valence-corrected chi connectivity index (χ4v) is 7.78. The van der Waals surface area contributed by atoms with E-state index in [-0.39, 0.29) is 57.8 Å². The number of Topliss-reactive ketones (excluding diaryl/α,β-unsaturated/α-hetero) is 1. The maximum absolute atomic E-state index is 14.6. The van der Waals surface area contributed by atoms with Crippen molar-refractivity contribution in [3.8, 4) is 51.4 Å². The number of benzene rings is 4. The summed E-state index contributed by atoms with van der Waals surface area (Å²) in [5.41, 5.74) is -0.00539. The second-order valence-electron chi connectivity index (χ2n) is 12.2. The van der Waals surface area contributed by atoms with E-state index in [0.717, 1.165) is 0 Å². The third kappa shape index (κ3) is 2.90. The van der Waals surface area contributed by atoms with E-state index in [1.54, 1.807) is 25.1 Å². The summed E-state index contributed by atoms with van der Waals surface area (Å²) in [6.45, 7) is 1.69. The molecule has 5 N–H and O–H groups in total. The van der Waals surface area contributed by atoms with Crippen LogP contribution in [0.3, 0.4) is 0 Å². The van der Waals surface area contributed by atoms with E-state index in [9.17, 15) is 30.3 Å². The van der Waals surface area contributed by atoms with Crippen LogP contribution < -0.4 is 9.47 Å². The molecule has 1 spiro atoms. The zero-order chi connectivity index (χ0) is 30.3. The number of phenols is 5. The van der Waals surface area contributed by atoms with Crippen molar-refractivity contribution in [2.24, 2.45) is 0 Å². The van der Waals surface area contributed by atoms with Crippen molar-refractivity contribution in [1.29, 1.82) is 0 Å². The van der Waals surface area contributed by atoms with Gasteiger partial charge >= 0.3 is 0 Å². The minimum atomic E-state index is -1.67. The Labute approximate surface area is 248 Å². The summed E-state index contributed by atoms with van der Waals surface area (Å²) in [5.74, 6) is -3.72. The molecule has 1 aliphatic carbocycles. The Morgan fingerprint density at radius 3 is 2.36 bits per heavy atom. The normalized spacial score (nSPS) is 29.1. The number of ketones is 1. The van der Waals surface area contributed by atoms with Gasteiger partial charge in [-0.2, -0.15) is 0 Å². The zero-order valence-corrected chi connectivity index (χ0v) is 23.1. The Hall–Kier alpha value is -5.35. The van der Waals surface area contributed by atoms with Gasteiger partial charge in [0, 0.05) is 52.6 Å². The van der Waals surface area contributed by atoms with Crippen LogP contribution in [0.5, 0.6) is 40.2 Å². The number of furan rings is 1. The Bertz CT molecular complexity index is 2120. The van der Waals surface area contributed by atoms with Crippen molar-refractivity contribution in [3.63, 3.8) is 0 Å². The van der Waals surface area contributed by atoms with Crippen LogP contribution in [0, 0.1) is 0 Å². The first kappa shape index (κ1) is 25.2. The van der Waals surface area contributed by atoms with E-state index in [1.165, 1.54) is 54.8 Å². The van der Waals surface area contributed by atoms with Gasteiger partial charge < -0.3 is 44.2 Å². The minimum Gasteiger partial charge on any atom is -0.508 e. The van der Waals surface area contributed by atoms with Gasteiger partial charge in [-0.1, -0.05) is 6.07 Å². The van der Waals surface area contributed by atoms with Crippen LogP contribution in [0.25, 0.3) is 22.1 Å². The molecule has 4 aromatic carbocycles. The van der Waals surface area contributed by atoms with Gasteiger partial charge in [-0.05, 0) is 55.0 Å². The molecule has 0 radical (unpaired) electrons. The standard InChI is InChI=1S/C34H24O10/c1-32-13-23(20-6-3-18(37)12-27(20)42-32)33-30(31(32)40)29-25(39)8-15(21-14-41-26-11-17(36)2-5-19(21)26)9-28(29)43-34(33,44-33)22-7-4-16(35)10-24(22)38/h2-12,14,23,30,35-39H,13H2,1H3/t23-,30?,32-,33?,34?/m0/s1. The fraction of sp³-hybridized carbons (Fsp3) is 0.206. The summed E-state index contributed by atoms with van der Waals surface area (Å²) >= 11 is 0. The summed E-state index contributed by atoms with van der Waals surface area (Å²) < 4.78 is 25.3. The van der Waals surface area contributed by atoms with Crippen LogP contribution in [0.15, 0.2) is 77.4 Å². The maximum Gasteiger partial charge on any atom is 0.272 e. The number of phenolic OH excluding ortho intramolecular Hbond substituents is 5. The van der Waals surface area contributed by atoms with Crippen LogP contribution in [0.4, 0.5) is 0 Å². The molecule has 44 heavy (non-hydrogen) atoms. The van der Waals surface area contributed by atoms with Crippen molar-refractivity contribution >= 4 is 16.8 Å². The summed E-state index contributed by atoms with van der Waals surface area (Å²) in [4.78, 5) is 14.6. The van der Waals surface area contributed by atoms with Crippen LogP contribution in [-0.4, -0.2) is 42.5 Å². The molecule has 10 heteroatoms. The molecule has 5 aromatic rings. The van der Waals surface area contributed by atoms with E-state index in [0.29, 0.717) is 33.4 Å². The van der Waals surface area contributed by atoms with Crippen molar-refractivity contribution in [2.45, 2.75) is 42.2 Å². The first-order chi connectivity index (χ1) is 21.0. The quantitative estimate of drug-likeness (QED) is 0.162. The number of aromatic hydroxyl groups is 5. The molecule has 4 aliphatic rings. The summed E-state index contributed by atoms with van der Waals surface area (Å²) in [5, 5.41) is 53.6. The minimum absolute atomic E-state index is 0.0228. The molecule has 2 bridgehead atoms. The third-order valence-corrected chi connectivity index (χ3v) is 9.69. The second-order valence-corrected chi connectivity index (χ2v) is 12.2. The van der Waals surface area contributed by atoms with Gasteiger partial charge in [0.1, 0.15) is 45.8 Å². The predicted octanol–water partition coefficient (Wildman–Crippen LogP) is 5.63. The fourth-order valence-electron chi connectivity index (χ4n) is 7.78. The van der Waals surface area contributed by atoms with Crippen molar-refractivity contribution in [3.05, 3.63) is 89.7 Å². The highest BCUT2D eigenvalue weighted by atomic mass is 16.8. The van der Waals surface area contributed by atoms with Gasteiger partial charge in [0.05, 0.1) is 17.7 Å². The van der Waals surface area contributed by atoms with Crippen molar-refractivity contribution < 1.29 is 49.0 Å². The van der Waals surface area contributed by atoms with Crippen LogP contribution in [0.1, 0.15) is 41.9 Å². The molecular weight excluding hydrogens is 568 g/mol. The van der Waals surface area contributed by atoms with Crippen molar-refractivity contribution in [1.82, 2.24) is 0 Å². The van der Waals surface area contributed by atoms with Crippen LogP contribution in [-0.2, 0) is 15.3 Å². The SMILES string of the molecule is C[C@@]12C[C@@H](c3ccc(O)cc3O1)C13OC1(c1ccc(O)cc1O)Oc1cc(-c4coc5cc(O)ccc45)cc(O)c1C3C2=O. The highest BCUT2D eigenvalue weighted by Gasteiger charge is 2.88. The van der Waals surface area contributed by atoms with Gasteiger partial charge in [-0.3, -0.25) is 4.79 Å². The van der Waals surface area contributed by atoms with Gasteiger partial charge in [0.25, 0.3) is 5.79 Å². The van der Waals surface area contributed by atoms with Gasteiger partial charge in [-0.15, -0.1) is 0 Å². The Morgan fingerprint density at radius 1 is 0.795 bits per heavy atom. The topological polar surface area (TPSA) is 162 Å². The van der Waals surface area contributed by atoms with Gasteiger partial charge in [0.15, 0.2) is 17.0 Å². The first-order valence-electron chi connectivity index (χ1n) is 14.1. The number of hydrogen-bond acceptors (Lipinski definition) is 10. The molecule has 10 nitrogen and oxygen atoms in total. The smallest absolute Gasteiger partial charge is 0.272 e. The molecule has 1 saturated heterocycles. The zero-order valence-electron chi connectivity index (χ0n) is 23.1. The summed E-state index contributed by atoms with van der Waals surface area (Å²) in [7, 11) is 0. The number of carbonyl (C=O) groups excluding carboxylic acids is 1. The monoisotopic (exact) mass is 592 g/mol. The molecule has 9 rings (SSSR count). The number of carbonyl (C=O) groups is 1. The van der Waals surface area contributed by atoms with Crippen LogP contribution in [0.2, 0.25) is 0 Å². The summed E-state index contributed by atoms with van der Waals surface area (Å²) in [6.07, 6.45) is 1.73. The summed E-state index contributed by atoms with van der Waals surface area (Å²) in [6, 6.07) is 16.7. The number of rotatable bonds is 2. The van der Waals surface area contributed by atoms with E-state index < -0.39 is 28.8 Å². The van der Waals surface area contributed by atoms with Crippen molar-refractivity contribution in [2.75, 3.05) is 0 Å². The molecule has 1 saturated carbocycles. The lowest BCUT2D eigenvalue weighted by Gasteiger charge is -2.51. The van der Waals surface area contributed by atoms with Crippen LogP contribution >= 0.6 is 0 Å². The van der Waals surface area contributed by atoms with E-state index in [4.69, 9.17) is 18.6 Å². The third-order valence-electron chi connectivity index (χ3n) is 9.69. The molecular formula is C34H24O10. The largest absolute Gasteiger partial charge is 0.508 e. The lowest BCUT2D eigenvalue weighted by molar-refractivity contribution is -0.145. The van der Waals surface area contributed by atoms with Gasteiger partial charge in [-0.25, -0.2) is 0 Å². The highest BCUT2D eigenvalue weighted by molar-refractivity contribution is 6.00. The second kappa shape index (κ2) is 7.78. The molecule has 220 valence electrons. The Balaban J connectivity index is 1.31. The average Bonchev–Trinajstić information content (AvgIpc) is 3.47. The molecule has 1 aromatic heterocycles. The average molecular weight is 593 g/mol. The first-order valence-corrected chi connectivity index (χ1v) is 14.1. The molecule has 4 heterocycles.